The first-order valence-corrected chi connectivity index (χ1v) is 5.14. The fourth-order valence-corrected chi connectivity index (χ4v) is 1.08. The minimum atomic E-state index is -0.526. The zero-order valence-electron chi connectivity index (χ0n) is 9.69. The molecule has 0 bridgehead atoms. The number of carbonyl (C=O) groups excluding carboxylic acids is 2. The van der Waals surface area contributed by atoms with Gasteiger partial charge in [-0.05, 0) is 6.92 Å². The van der Waals surface area contributed by atoms with Crippen LogP contribution in [-0.4, -0.2) is 41.7 Å². The minimum Gasteiger partial charge on any atom is -0.343 e. The van der Waals surface area contributed by atoms with Crippen LogP contribution in [0.2, 0.25) is 0 Å². The lowest BCUT2D eigenvalue weighted by molar-refractivity contribution is -0.121. The van der Waals surface area contributed by atoms with Crippen LogP contribution in [0.5, 0.6) is 0 Å². The van der Waals surface area contributed by atoms with Gasteiger partial charge in [0.1, 0.15) is 0 Å². The highest BCUT2D eigenvalue weighted by Crippen LogP contribution is 1.89. The maximum absolute atomic E-state index is 11.4. The Morgan fingerprint density at radius 1 is 1.53 bits per heavy atom. The predicted molar refractivity (Wildman–Crippen MR) is 58.1 cm³/mol. The number of carbonyl (C=O) groups is 2. The number of nitrogens with one attached hydrogen (secondary N) is 3. The van der Waals surface area contributed by atoms with Crippen molar-refractivity contribution in [3.8, 4) is 0 Å². The van der Waals surface area contributed by atoms with Gasteiger partial charge in [0, 0.05) is 20.0 Å². The van der Waals surface area contributed by atoms with Crippen LogP contribution < -0.4 is 16.0 Å². The third kappa shape index (κ3) is 4.60. The Morgan fingerprint density at radius 2 is 2.29 bits per heavy atom. The zero-order chi connectivity index (χ0) is 12.7. The van der Waals surface area contributed by atoms with E-state index < -0.39 is 18.0 Å². The predicted octanol–water partition coefficient (Wildman–Crippen LogP) is -0.954. The van der Waals surface area contributed by atoms with Gasteiger partial charge in [-0.3, -0.25) is 10.1 Å². The van der Waals surface area contributed by atoms with Gasteiger partial charge in [-0.15, -0.1) is 0 Å². The monoisotopic (exact) mass is 241 g/mol. The third-order valence-corrected chi connectivity index (χ3v) is 2.06. The molecule has 1 heterocycles. The molecule has 1 rings (SSSR count). The molecule has 0 aromatic carbocycles. The van der Waals surface area contributed by atoms with E-state index in [9.17, 15) is 9.59 Å². The van der Waals surface area contributed by atoms with Crippen molar-refractivity contribution >= 4 is 11.9 Å². The van der Waals surface area contributed by atoms with Crippen LogP contribution in [0.4, 0.5) is 4.79 Å². The Kier molecular flexibility index (Phi) is 5.08. The molecule has 0 radical (unpaired) electrons. The van der Waals surface area contributed by atoms with Crippen molar-refractivity contribution < 1.29 is 14.1 Å². The van der Waals surface area contributed by atoms with Gasteiger partial charge >= 0.3 is 6.03 Å². The van der Waals surface area contributed by atoms with Crippen LogP contribution in [0.25, 0.3) is 0 Å². The Balaban J connectivity index is 2.22. The summed E-state index contributed by atoms with van der Waals surface area (Å²) in [5.41, 5.74) is 0. The molecule has 8 heteroatoms. The quantitative estimate of drug-likeness (QED) is 0.613. The van der Waals surface area contributed by atoms with E-state index in [0.29, 0.717) is 18.8 Å². The molecule has 3 N–H and O–H groups in total. The largest absolute Gasteiger partial charge is 0.343 e. The summed E-state index contributed by atoms with van der Waals surface area (Å²) in [4.78, 5) is 26.1. The van der Waals surface area contributed by atoms with Crippen molar-refractivity contribution in [1.82, 2.24) is 26.1 Å². The fraction of sp³-hybridized carbons (Fsp3) is 0.556. The molecule has 1 aromatic rings. The van der Waals surface area contributed by atoms with Crippen LogP contribution in [0.15, 0.2) is 10.9 Å². The van der Waals surface area contributed by atoms with Gasteiger partial charge in [-0.2, -0.15) is 4.98 Å². The highest BCUT2D eigenvalue weighted by atomic mass is 16.5. The Labute approximate surface area is 98.1 Å². The van der Waals surface area contributed by atoms with E-state index in [-0.39, 0.29) is 0 Å². The van der Waals surface area contributed by atoms with Crippen LogP contribution in [-0.2, 0) is 11.2 Å². The Hall–Kier alpha value is -1.96. The van der Waals surface area contributed by atoms with Gasteiger partial charge in [0.05, 0.1) is 6.04 Å². The molecule has 0 saturated carbocycles. The normalized spacial score (nSPS) is 11.9. The summed E-state index contributed by atoms with van der Waals surface area (Å²) >= 11 is 0. The number of urea groups is 1. The number of amides is 3. The standard InChI is InChI=1S/C9H15N5O3/c1-6(8(15)13-9(16)10-2)11-4-3-7-12-5-17-14-7/h5-6,11H,3-4H2,1-2H3,(H2,10,13,15,16). The van der Waals surface area contributed by atoms with Crippen molar-refractivity contribution in [2.45, 2.75) is 19.4 Å². The van der Waals surface area contributed by atoms with Crippen molar-refractivity contribution in [3.63, 3.8) is 0 Å². The lowest BCUT2D eigenvalue weighted by atomic mass is 10.3. The van der Waals surface area contributed by atoms with Gasteiger partial charge in [0.15, 0.2) is 5.82 Å². The summed E-state index contributed by atoms with van der Waals surface area (Å²) in [6.07, 6.45) is 1.80. The average molecular weight is 241 g/mol. The van der Waals surface area contributed by atoms with E-state index in [1.54, 1.807) is 6.92 Å². The molecule has 1 aromatic heterocycles. The lowest BCUT2D eigenvalue weighted by Gasteiger charge is -2.12. The lowest BCUT2D eigenvalue weighted by Crippen LogP contribution is -2.47. The summed E-state index contributed by atoms with van der Waals surface area (Å²) in [5.74, 6) is 0.175. The fourth-order valence-electron chi connectivity index (χ4n) is 1.08. The number of nitrogens with zero attached hydrogens (tertiary/aromatic N) is 2. The van der Waals surface area contributed by atoms with Crippen molar-refractivity contribution in [3.05, 3.63) is 12.2 Å². The number of aromatic nitrogens is 2. The maximum Gasteiger partial charge on any atom is 0.321 e. The summed E-state index contributed by atoms with van der Waals surface area (Å²) in [5, 5.41) is 11.0. The molecular weight excluding hydrogens is 226 g/mol. The zero-order valence-corrected chi connectivity index (χ0v) is 9.69. The third-order valence-electron chi connectivity index (χ3n) is 2.06. The summed E-state index contributed by atoms with van der Waals surface area (Å²) in [7, 11) is 1.44. The smallest absolute Gasteiger partial charge is 0.321 e. The molecule has 0 saturated heterocycles. The Morgan fingerprint density at radius 3 is 2.88 bits per heavy atom. The average Bonchev–Trinajstić information content (AvgIpc) is 2.81. The molecule has 0 aliphatic heterocycles. The second-order valence-electron chi connectivity index (χ2n) is 3.34. The SMILES string of the molecule is CNC(=O)NC(=O)C(C)NCCc1ncon1. The van der Waals surface area contributed by atoms with Crippen LogP contribution in [0.3, 0.4) is 0 Å². The van der Waals surface area contributed by atoms with Crippen LogP contribution >= 0.6 is 0 Å². The number of imide groups is 1. The first-order valence-electron chi connectivity index (χ1n) is 5.14. The van der Waals surface area contributed by atoms with Crippen LogP contribution in [0, 0.1) is 0 Å². The number of hydrogen-bond donors (Lipinski definition) is 3. The number of rotatable bonds is 5. The molecule has 8 nitrogen and oxygen atoms in total. The topological polar surface area (TPSA) is 109 Å². The highest BCUT2D eigenvalue weighted by Gasteiger charge is 2.14. The second-order valence-corrected chi connectivity index (χ2v) is 3.34. The van der Waals surface area contributed by atoms with Crippen molar-refractivity contribution in [1.29, 1.82) is 0 Å². The minimum absolute atomic E-state index is 0.391. The molecule has 0 spiro atoms. The van der Waals surface area contributed by atoms with Gasteiger partial charge in [0.25, 0.3) is 0 Å². The first-order chi connectivity index (χ1) is 8.13. The molecule has 1 unspecified atom stereocenters. The molecule has 0 fully saturated rings. The molecule has 0 aliphatic rings. The molecular formula is C9H15N5O3. The second kappa shape index (κ2) is 6.59. The van der Waals surface area contributed by atoms with Gasteiger partial charge in [-0.1, -0.05) is 5.16 Å². The summed E-state index contributed by atoms with van der Waals surface area (Å²) in [6, 6.07) is -0.999. The maximum atomic E-state index is 11.4. The van der Waals surface area contributed by atoms with Gasteiger partial charge in [-0.25, -0.2) is 4.79 Å². The van der Waals surface area contributed by atoms with E-state index in [4.69, 9.17) is 0 Å². The van der Waals surface area contributed by atoms with Crippen molar-refractivity contribution in [2.75, 3.05) is 13.6 Å². The molecule has 1 atom stereocenters. The first kappa shape index (κ1) is 13.1. The van der Waals surface area contributed by atoms with E-state index >= 15 is 0 Å². The Bertz CT molecular complexity index is 365. The van der Waals surface area contributed by atoms with Gasteiger partial charge in [0.2, 0.25) is 12.3 Å². The summed E-state index contributed by atoms with van der Waals surface area (Å²) < 4.78 is 4.57. The van der Waals surface area contributed by atoms with Crippen molar-refractivity contribution in [2.24, 2.45) is 0 Å². The van der Waals surface area contributed by atoms with E-state index in [1.807, 2.05) is 0 Å². The van der Waals surface area contributed by atoms with E-state index in [2.05, 4.69) is 30.6 Å². The van der Waals surface area contributed by atoms with E-state index in [1.165, 1.54) is 13.4 Å². The molecule has 0 aliphatic carbocycles. The molecule has 3 amide bonds. The van der Waals surface area contributed by atoms with E-state index in [0.717, 1.165) is 0 Å². The van der Waals surface area contributed by atoms with Crippen LogP contribution in [0.1, 0.15) is 12.7 Å². The number of hydrogen-bond acceptors (Lipinski definition) is 6. The molecule has 17 heavy (non-hydrogen) atoms. The molecule has 94 valence electrons. The van der Waals surface area contributed by atoms with Gasteiger partial charge < -0.3 is 15.2 Å². The summed E-state index contributed by atoms with van der Waals surface area (Å²) in [6.45, 7) is 2.18. The highest BCUT2D eigenvalue weighted by molar-refractivity contribution is 5.96.